The van der Waals surface area contributed by atoms with Crippen LogP contribution in [0.25, 0.3) is 0 Å². The van der Waals surface area contributed by atoms with Gasteiger partial charge in [-0.1, -0.05) is 6.42 Å². The zero-order valence-electron chi connectivity index (χ0n) is 11.8. The first kappa shape index (κ1) is 14.0. The second-order valence-electron chi connectivity index (χ2n) is 4.60. The van der Waals surface area contributed by atoms with Crippen molar-refractivity contribution in [3.63, 3.8) is 0 Å². The molecule has 1 saturated heterocycles. The van der Waals surface area contributed by atoms with E-state index in [0.29, 0.717) is 19.0 Å². The average molecular weight is 265 g/mol. The number of ether oxygens (including phenoxy) is 1. The lowest BCUT2D eigenvalue weighted by atomic mass is 10.2. The summed E-state index contributed by atoms with van der Waals surface area (Å²) in [7, 11) is 1.86. The highest BCUT2D eigenvalue weighted by Gasteiger charge is 2.11. The van der Waals surface area contributed by atoms with E-state index in [2.05, 4.69) is 25.7 Å². The summed E-state index contributed by atoms with van der Waals surface area (Å²) in [5.74, 6) is 2.34. The second-order valence-corrected chi connectivity index (χ2v) is 4.60. The van der Waals surface area contributed by atoms with E-state index in [4.69, 9.17) is 4.74 Å². The number of nitrogens with one attached hydrogen (secondary N) is 2. The molecule has 0 aromatic carbocycles. The zero-order chi connectivity index (χ0) is 13.5. The third kappa shape index (κ3) is 4.33. The number of nitrogens with zero attached hydrogens (tertiary/aromatic N) is 3. The Morgan fingerprint density at radius 1 is 1.21 bits per heavy atom. The van der Waals surface area contributed by atoms with Crippen molar-refractivity contribution in [1.82, 2.24) is 15.0 Å². The molecule has 0 atom stereocenters. The van der Waals surface area contributed by atoms with Crippen LogP contribution in [0.3, 0.4) is 0 Å². The van der Waals surface area contributed by atoms with Gasteiger partial charge in [0.1, 0.15) is 18.2 Å². The fourth-order valence-electron chi connectivity index (χ4n) is 2.11. The molecule has 0 radical (unpaired) electrons. The second kappa shape index (κ2) is 7.25. The number of rotatable bonds is 6. The van der Waals surface area contributed by atoms with E-state index in [0.717, 1.165) is 24.7 Å². The summed E-state index contributed by atoms with van der Waals surface area (Å²) in [5.41, 5.74) is 3.36. The van der Waals surface area contributed by atoms with Gasteiger partial charge in [0.05, 0.1) is 0 Å². The maximum atomic E-state index is 5.37. The fraction of sp³-hybridized carbons (Fsp3) is 0.692. The SMILES string of the molecule is CCOCc1nc(NC)cc(NN2CCCCC2)n1. The van der Waals surface area contributed by atoms with Gasteiger partial charge in [-0.25, -0.2) is 15.0 Å². The smallest absolute Gasteiger partial charge is 0.158 e. The van der Waals surface area contributed by atoms with Crippen molar-refractivity contribution in [3.05, 3.63) is 11.9 Å². The van der Waals surface area contributed by atoms with Gasteiger partial charge in [-0.15, -0.1) is 0 Å². The molecular weight excluding hydrogens is 242 g/mol. The molecule has 1 fully saturated rings. The predicted octanol–water partition coefficient (Wildman–Crippen LogP) is 1.87. The molecule has 2 rings (SSSR count). The molecule has 6 nitrogen and oxygen atoms in total. The zero-order valence-corrected chi connectivity index (χ0v) is 11.8. The number of hydrogen-bond donors (Lipinski definition) is 2. The highest BCUT2D eigenvalue weighted by Crippen LogP contribution is 2.15. The van der Waals surface area contributed by atoms with Crippen LogP contribution in [0.15, 0.2) is 6.07 Å². The maximum Gasteiger partial charge on any atom is 0.158 e. The van der Waals surface area contributed by atoms with Gasteiger partial charge in [0, 0.05) is 32.8 Å². The van der Waals surface area contributed by atoms with Crippen LogP contribution in [0, 0.1) is 0 Å². The van der Waals surface area contributed by atoms with Crippen LogP contribution in [0.5, 0.6) is 0 Å². The Bertz CT molecular complexity index is 393. The van der Waals surface area contributed by atoms with Gasteiger partial charge >= 0.3 is 0 Å². The molecule has 2 N–H and O–H groups in total. The molecule has 1 aromatic heterocycles. The molecule has 0 bridgehead atoms. The lowest BCUT2D eigenvalue weighted by molar-refractivity contribution is 0.128. The Hall–Kier alpha value is -1.40. The molecule has 106 valence electrons. The largest absolute Gasteiger partial charge is 0.374 e. The van der Waals surface area contributed by atoms with Gasteiger partial charge in [-0.2, -0.15) is 0 Å². The molecule has 19 heavy (non-hydrogen) atoms. The highest BCUT2D eigenvalue weighted by molar-refractivity contribution is 5.46. The highest BCUT2D eigenvalue weighted by atomic mass is 16.5. The number of aromatic nitrogens is 2. The third-order valence-corrected chi connectivity index (χ3v) is 3.09. The normalized spacial score (nSPS) is 16.3. The fourth-order valence-corrected chi connectivity index (χ4v) is 2.11. The van der Waals surface area contributed by atoms with E-state index in [1.807, 2.05) is 20.0 Å². The molecule has 0 spiro atoms. The van der Waals surface area contributed by atoms with E-state index in [1.54, 1.807) is 0 Å². The average Bonchev–Trinajstić information content (AvgIpc) is 2.46. The molecule has 1 aliphatic rings. The van der Waals surface area contributed by atoms with E-state index in [9.17, 15) is 0 Å². The first-order valence-electron chi connectivity index (χ1n) is 6.97. The lowest BCUT2D eigenvalue weighted by Crippen LogP contribution is -2.35. The minimum atomic E-state index is 0.445. The summed E-state index contributed by atoms with van der Waals surface area (Å²) >= 11 is 0. The monoisotopic (exact) mass is 265 g/mol. The van der Waals surface area contributed by atoms with Gasteiger partial charge in [-0.05, 0) is 19.8 Å². The molecule has 6 heteroatoms. The first-order valence-corrected chi connectivity index (χ1v) is 6.97. The van der Waals surface area contributed by atoms with Crippen molar-refractivity contribution in [2.24, 2.45) is 0 Å². The number of hydrogen-bond acceptors (Lipinski definition) is 6. The Balaban J connectivity index is 2.04. The van der Waals surface area contributed by atoms with Gasteiger partial charge in [0.25, 0.3) is 0 Å². The van der Waals surface area contributed by atoms with Crippen LogP contribution >= 0.6 is 0 Å². The molecule has 0 amide bonds. The van der Waals surface area contributed by atoms with Crippen molar-refractivity contribution in [3.8, 4) is 0 Å². The van der Waals surface area contributed by atoms with E-state index < -0.39 is 0 Å². The summed E-state index contributed by atoms with van der Waals surface area (Å²) in [6, 6.07) is 1.92. The third-order valence-electron chi connectivity index (χ3n) is 3.09. The molecule has 0 aliphatic carbocycles. The van der Waals surface area contributed by atoms with Gasteiger partial charge in [0.2, 0.25) is 0 Å². The molecule has 1 aliphatic heterocycles. The van der Waals surface area contributed by atoms with E-state index in [1.165, 1.54) is 19.3 Å². The van der Waals surface area contributed by atoms with Crippen molar-refractivity contribution in [2.45, 2.75) is 32.8 Å². The Kier molecular flexibility index (Phi) is 5.35. The topological polar surface area (TPSA) is 62.3 Å². The quantitative estimate of drug-likeness (QED) is 0.818. The maximum absolute atomic E-state index is 5.37. The molecular formula is C13H23N5O. The van der Waals surface area contributed by atoms with Crippen molar-refractivity contribution >= 4 is 11.6 Å². The number of anilines is 2. The summed E-state index contributed by atoms with van der Waals surface area (Å²) < 4.78 is 5.37. The number of piperidine rings is 1. The van der Waals surface area contributed by atoms with Crippen molar-refractivity contribution < 1.29 is 4.74 Å². The Morgan fingerprint density at radius 3 is 2.63 bits per heavy atom. The summed E-state index contributed by atoms with van der Waals surface area (Å²) in [5, 5.41) is 5.27. The minimum absolute atomic E-state index is 0.445. The summed E-state index contributed by atoms with van der Waals surface area (Å²) in [6.07, 6.45) is 3.80. The van der Waals surface area contributed by atoms with E-state index in [-0.39, 0.29) is 0 Å². The van der Waals surface area contributed by atoms with Crippen molar-refractivity contribution in [1.29, 1.82) is 0 Å². The Morgan fingerprint density at radius 2 is 1.95 bits per heavy atom. The van der Waals surface area contributed by atoms with Crippen LogP contribution in [-0.2, 0) is 11.3 Å². The van der Waals surface area contributed by atoms with Crippen LogP contribution < -0.4 is 10.7 Å². The van der Waals surface area contributed by atoms with Gasteiger partial charge in [-0.3, -0.25) is 0 Å². The lowest BCUT2D eigenvalue weighted by Gasteiger charge is -2.27. The summed E-state index contributed by atoms with van der Waals surface area (Å²) in [6.45, 7) is 5.22. The van der Waals surface area contributed by atoms with Crippen LogP contribution in [0.2, 0.25) is 0 Å². The number of hydrazine groups is 1. The first-order chi connectivity index (χ1) is 9.31. The predicted molar refractivity (Wildman–Crippen MR) is 76.0 cm³/mol. The van der Waals surface area contributed by atoms with Crippen LogP contribution in [0.1, 0.15) is 32.0 Å². The minimum Gasteiger partial charge on any atom is -0.374 e. The van der Waals surface area contributed by atoms with Crippen LogP contribution in [-0.4, -0.2) is 41.7 Å². The standard InChI is InChI=1S/C13H23N5O/c1-3-19-10-13-15-11(14-2)9-12(16-13)17-18-7-5-4-6-8-18/h9H,3-8,10H2,1-2H3,(H2,14,15,16,17). The van der Waals surface area contributed by atoms with Crippen LogP contribution in [0.4, 0.5) is 11.6 Å². The van der Waals surface area contributed by atoms with E-state index >= 15 is 0 Å². The molecule has 1 aromatic rings. The summed E-state index contributed by atoms with van der Waals surface area (Å²) in [4.78, 5) is 8.86. The molecule has 0 unspecified atom stereocenters. The Labute approximate surface area is 114 Å². The van der Waals surface area contributed by atoms with Gasteiger partial charge in [0.15, 0.2) is 5.82 Å². The van der Waals surface area contributed by atoms with Gasteiger partial charge < -0.3 is 15.5 Å². The molecule has 2 heterocycles. The van der Waals surface area contributed by atoms with Crippen molar-refractivity contribution in [2.75, 3.05) is 37.5 Å². The molecule has 0 saturated carbocycles.